The lowest BCUT2D eigenvalue weighted by Crippen LogP contribution is -2.46. The molecule has 2 amide bonds. The van der Waals surface area contributed by atoms with E-state index < -0.39 is 0 Å². The van der Waals surface area contributed by atoms with Crippen molar-refractivity contribution in [3.05, 3.63) is 24.3 Å². The molecule has 2 aliphatic rings. The van der Waals surface area contributed by atoms with Crippen LogP contribution in [-0.4, -0.2) is 60.4 Å². The lowest BCUT2D eigenvalue weighted by Gasteiger charge is -2.35. The third kappa shape index (κ3) is 3.11. The van der Waals surface area contributed by atoms with Gasteiger partial charge in [0.15, 0.2) is 0 Å². The highest BCUT2D eigenvalue weighted by molar-refractivity contribution is 5.76. The summed E-state index contributed by atoms with van der Waals surface area (Å²) in [6, 6.07) is 8.46. The van der Waals surface area contributed by atoms with Crippen LogP contribution in [0.1, 0.15) is 12.8 Å². The minimum atomic E-state index is 0.0524. The van der Waals surface area contributed by atoms with Crippen LogP contribution in [-0.2, 0) is 0 Å². The first kappa shape index (κ1) is 15.7. The monoisotopic (exact) mass is 343 g/mol. The molecule has 4 rings (SSSR count). The summed E-state index contributed by atoms with van der Waals surface area (Å²) in [4.78, 5) is 20.3. The highest BCUT2D eigenvalue weighted by Gasteiger charge is 2.31. The van der Waals surface area contributed by atoms with Crippen molar-refractivity contribution in [1.82, 2.24) is 20.4 Å². The molecule has 0 saturated carbocycles. The Balaban J connectivity index is 1.42. The van der Waals surface area contributed by atoms with Crippen LogP contribution in [0.2, 0.25) is 0 Å². The second kappa shape index (κ2) is 6.62. The Bertz CT molecular complexity index is 754. The van der Waals surface area contributed by atoms with Crippen molar-refractivity contribution >= 4 is 12.0 Å². The third-order valence-electron chi connectivity index (χ3n) is 4.81. The normalized spacial score (nSPS) is 18.5. The van der Waals surface area contributed by atoms with E-state index in [4.69, 9.17) is 9.26 Å². The van der Waals surface area contributed by atoms with Crippen LogP contribution in [0.25, 0.3) is 11.4 Å². The van der Waals surface area contributed by atoms with Crippen LogP contribution in [0.4, 0.5) is 10.8 Å². The van der Waals surface area contributed by atoms with Crippen molar-refractivity contribution in [2.24, 2.45) is 0 Å². The summed E-state index contributed by atoms with van der Waals surface area (Å²) in [5, 5.41) is 6.95. The average Bonchev–Trinajstić information content (AvgIpc) is 3.31. The number of amides is 2. The number of aromatic nitrogens is 2. The van der Waals surface area contributed by atoms with Crippen molar-refractivity contribution in [3.8, 4) is 17.1 Å². The van der Waals surface area contributed by atoms with Gasteiger partial charge in [-0.05, 0) is 25.0 Å². The molecule has 3 heterocycles. The number of urea groups is 1. The summed E-state index contributed by atoms with van der Waals surface area (Å²) >= 11 is 0. The first-order valence-corrected chi connectivity index (χ1v) is 8.52. The molecule has 2 aromatic rings. The van der Waals surface area contributed by atoms with E-state index in [1.165, 1.54) is 0 Å². The topological polar surface area (TPSA) is 83.7 Å². The Morgan fingerprint density at radius 3 is 2.84 bits per heavy atom. The number of methoxy groups -OCH3 is 1. The molecule has 0 unspecified atom stereocenters. The van der Waals surface area contributed by atoms with E-state index in [-0.39, 0.29) is 6.03 Å². The Hall–Kier alpha value is -2.77. The second-order valence-electron chi connectivity index (χ2n) is 6.28. The van der Waals surface area contributed by atoms with E-state index in [1.54, 1.807) is 7.11 Å². The highest BCUT2D eigenvalue weighted by Crippen LogP contribution is 2.26. The number of nitrogens with one attached hydrogen (secondary N) is 1. The van der Waals surface area contributed by atoms with Gasteiger partial charge in [0.2, 0.25) is 5.82 Å². The Morgan fingerprint density at radius 2 is 2.12 bits per heavy atom. The van der Waals surface area contributed by atoms with Gasteiger partial charge < -0.3 is 24.4 Å². The quantitative estimate of drug-likeness (QED) is 0.910. The van der Waals surface area contributed by atoms with Gasteiger partial charge in [-0.2, -0.15) is 4.98 Å². The van der Waals surface area contributed by atoms with Gasteiger partial charge in [-0.3, -0.25) is 0 Å². The highest BCUT2D eigenvalue weighted by atomic mass is 16.5. The predicted octanol–water partition coefficient (Wildman–Crippen LogP) is 1.74. The van der Waals surface area contributed by atoms with Crippen molar-refractivity contribution in [3.63, 3.8) is 0 Å². The number of anilines is 1. The SMILES string of the molecule is COc1cccc(-c2noc(N3CCC(N4CCNC4=O)CC3)n2)c1. The average molecular weight is 343 g/mol. The first-order valence-electron chi connectivity index (χ1n) is 8.52. The number of carbonyl (C=O) groups excluding carboxylic acids is 1. The molecular formula is C17H21N5O3. The van der Waals surface area contributed by atoms with Gasteiger partial charge in [0.1, 0.15) is 5.75 Å². The number of nitrogens with zero attached hydrogens (tertiary/aromatic N) is 4. The number of benzene rings is 1. The molecule has 8 heteroatoms. The first-order chi connectivity index (χ1) is 12.2. The van der Waals surface area contributed by atoms with E-state index >= 15 is 0 Å². The molecule has 0 bridgehead atoms. The number of carbonyl (C=O) groups is 1. The molecular weight excluding hydrogens is 322 g/mol. The van der Waals surface area contributed by atoms with E-state index in [9.17, 15) is 4.79 Å². The van der Waals surface area contributed by atoms with Gasteiger partial charge in [-0.25, -0.2) is 4.79 Å². The Labute approximate surface area is 145 Å². The fourth-order valence-electron chi connectivity index (χ4n) is 3.43. The minimum Gasteiger partial charge on any atom is -0.497 e. The van der Waals surface area contributed by atoms with Crippen molar-refractivity contribution in [1.29, 1.82) is 0 Å². The number of hydrogen-bond donors (Lipinski definition) is 1. The van der Waals surface area contributed by atoms with Crippen LogP contribution in [0, 0.1) is 0 Å². The number of hydrogen-bond acceptors (Lipinski definition) is 6. The van der Waals surface area contributed by atoms with Crippen LogP contribution in [0.15, 0.2) is 28.8 Å². The molecule has 0 aliphatic carbocycles. The zero-order chi connectivity index (χ0) is 17.2. The number of ether oxygens (including phenoxy) is 1. The molecule has 0 atom stereocenters. The van der Waals surface area contributed by atoms with Crippen LogP contribution >= 0.6 is 0 Å². The van der Waals surface area contributed by atoms with E-state index in [0.29, 0.717) is 17.9 Å². The maximum absolute atomic E-state index is 11.8. The molecule has 2 aliphatic heterocycles. The van der Waals surface area contributed by atoms with E-state index in [1.807, 2.05) is 29.2 Å². The molecule has 132 valence electrons. The molecule has 2 fully saturated rings. The summed E-state index contributed by atoms with van der Waals surface area (Å²) in [5.74, 6) is 1.31. The van der Waals surface area contributed by atoms with Crippen LogP contribution in [0.3, 0.4) is 0 Å². The molecule has 8 nitrogen and oxygen atoms in total. The van der Waals surface area contributed by atoms with E-state index in [2.05, 4.69) is 20.4 Å². The zero-order valence-electron chi connectivity index (χ0n) is 14.1. The maximum Gasteiger partial charge on any atom is 0.324 e. The van der Waals surface area contributed by atoms with Gasteiger partial charge in [0.25, 0.3) is 0 Å². The lowest BCUT2D eigenvalue weighted by atomic mass is 10.0. The lowest BCUT2D eigenvalue weighted by molar-refractivity contribution is 0.185. The molecule has 1 N–H and O–H groups in total. The minimum absolute atomic E-state index is 0.0524. The molecule has 0 radical (unpaired) electrons. The van der Waals surface area contributed by atoms with Gasteiger partial charge in [0, 0.05) is 37.8 Å². The maximum atomic E-state index is 11.8. The molecule has 25 heavy (non-hydrogen) atoms. The van der Waals surface area contributed by atoms with Gasteiger partial charge in [0.05, 0.1) is 7.11 Å². The second-order valence-corrected chi connectivity index (χ2v) is 6.28. The van der Waals surface area contributed by atoms with Gasteiger partial charge >= 0.3 is 12.0 Å². The van der Waals surface area contributed by atoms with Crippen LogP contribution in [0.5, 0.6) is 5.75 Å². The fraction of sp³-hybridized carbons (Fsp3) is 0.471. The summed E-state index contributed by atoms with van der Waals surface area (Å²) in [6.45, 7) is 3.14. The molecule has 2 saturated heterocycles. The summed E-state index contributed by atoms with van der Waals surface area (Å²) in [7, 11) is 1.63. The Kier molecular flexibility index (Phi) is 4.17. The third-order valence-corrected chi connectivity index (χ3v) is 4.81. The van der Waals surface area contributed by atoms with Crippen LogP contribution < -0.4 is 15.0 Å². The molecule has 0 spiro atoms. The fourth-order valence-corrected chi connectivity index (χ4v) is 3.43. The van der Waals surface area contributed by atoms with Crippen molar-refractivity contribution < 1.29 is 14.1 Å². The Morgan fingerprint density at radius 1 is 1.28 bits per heavy atom. The summed E-state index contributed by atoms with van der Waals surface area (Å²) in [5.41, 5.74) is 0.859. The summed E-state index contributed by atoms with van der Waals surface area (Å²) < 4.78 is 10.7. The van der Waals surface area contributed by atoms with Crippen molar-refractivity contribution in [2.75, 3.05) is 38.2 Å². The smallest absolute Gasteiger partial charge is 0.324 e. The van der Waals surface area contributed by atoms with Gasteiger partial charge in [-0.15, -0.1) is 0 Å². The number of piperidine rings is 1. The molecule has 1 aromatic carbocycles. The summed E-state index contributed by atoms with van der Waals surface area (Å²) in [6.07, 6.45) is 1.81. The number of rotatable bonds is 4. The predicted molar refractivity (Wildman–Crippen MR) is 91.6 cm³/mol. The largest absolute Gasteiger partial charge is 0.497 e. The van der Waals surface area contributed by atoms with Crippen molar-refractivity contribution in [2.45, 2.75) is 18.9 Å². The zero-order valence-corrected chi connectivity index (χ0v) is 14.1. The van der Waals surface area contributed by atoms with E-state index in [0.717, 1.165) is 50.3 Å². The molecule has 1 aromatic heterocycles. The standard InChI is InChI=1S/C17H21N5O3/c1-24-14-4-2-3-12(11-14)15-19-17(25-20-15)21-8-5-13(6-9-21)22-10-7-18-16(22)23/h2-4,11,13H,5-10H2,1H3,(H,18,23). The van der Waals surface area contributed by atoms with Gasteiger partial charge in [-0.1, -0.05) is 17.3 Å².